The zero-order chi connectivity index (χ0) is 14.0. The largest absolute Gasteiger partial charge is 0.467 e. The molecule has 7 heteroatoms. The van der Waals surface area contributed by atoms with E-state index in [1.807, 2.05) is 0 Å². The van der Waals surface area contributed by atoms with Crippen LogP contribution < -0.4 is 0 Å². The fourth-order valence-electron chi connectivity index (χ4n) is 2.83. The van der Waals surface area contributed by atoms with Gasteiger partial charge in [0, 0.05) is 6.54 Å². The van der Waals surface area contributed by atoms with Gasteiger partial charge in [-0.25, -0.2) is 13.2 Å². The van der Waals surface area contributed by atoms with E-state index < -0.39 is 33.0 Å². The van der Waals surface area contributed by atoms with Crippen LogP contribution in [0, 0.1) is 0 Å². The first-order chi connectivity index (χ1) is 8.97. The molecular formula is C12H19NO5S. The van der Waals surface area contributed by atoms with Gasteiger partial charge in [0.2, 0.25) is 5.91 Å². The summed E-state index contributed by atoms with van der Waals surface area (Å²) in [5, 5.41) is -0.966. The molecule has 6 nitrogen and oxygen atoms in total. The fraction of sp³-hybridized carbons (Fsp3) is 0.833. The number of methoxy groups -OCH3 is 1. The summed E-state index contributed by atoms with van der Waals surface area (Å²) in [6.45, 7) is 0.435. The lowest BCUT2D eigenvalue weighted by molar-refractivity contribution is -0.150. The van der Waals surface area contributed by atoms with Crippen LogP contribution in [0.3, 0.4) is 0 Å². The lowest BCUT2D eigenvalue weighted by atomic mass is 10.1. The van der Waals surface area contributed by atoms with Crippen molar-refractivity contribution in [2.24, 2.45) is 0 Å². The van der Waals surface area contributed by atoms with Gasteiger partial charge in [-0.2, -0.15) is 0 Å². The van der Waals surface area contributed by atoms with Crippen LogP contribution in [0.2, 0.25) is 0 Å². The molecule has 2 aliphatic rings. The van der Waals surface area contributed by atoms with Crippen molar-refractivity contribution in [2.75, 3.05) is 19.4 Å². The van der Waals surface area contributed by atoms with Gasteiger partial charge in [0.1, 0.15) is 11.3 Å². The molecule has 2 rings (SSSR count). The summed E-state index contributed by atoms with van der Waals surface area (Å²) in [5.74, 6) is -0.813. The Hall–Kier alpha value is -1.11. The first kappa shape index (κ1) is 14.3. The van der Waals surface area contributed by atoms with Crippen molar-refractivity contribution in [3.8, 4) is 0 Å². The standard InChI is InChI=1S/C12H19NO5S/c1-18-12(15)9-5-4-7-13(9)11(14)10-6-2-3-8-19(10,16)17/h9-10H,2-8H2,1H3. The molecule has 0 aromatic heterocycles. The molecule has 2 saturated heterocycles. The highest BCUT2D eigenvalue weighted by molar-refractivity contribution is 7.92. The first-order valence-corrected chi connectivity index (χ1v) is 8.29. The third kappa shape index (κ3) is 2.75. The fourth-order valence-corrected chi connectivity index (χ4v) is 4.69. The van der Waals surface area contributed by atoms with Gasteiger partial charge in [-0.05, 0) is 25.7 Å². The lowest BCUT2D eigenvalue weighted by Gasteiger charge is -2.29. The van der Waals surface area contributed by atoms with Gasteiger partial charge in [0.25, 0.3) is 0 Å². The van der Waals surface area contributed by atoms with Gasteiger partial charge in [-0.1, -0.05) is 6.42 Å². The lowest BCUT2D eigenvalue weighted by Crippen LogP contribution is -2.49. The van der Waals surface area contributed by atoms with Crippen LogP contribution in [0.15, 0.2) is 0 Å². The number of hydrogen-bond acceptors (Lipinski definition) is 5. The average Bonchev–Trinajstić information content (AvgIpc) is 2.85. The third-order valence-corrected chi connectivity index (χ3v) is 6.03. The van der Waals surface area contributed by atoms with E-state index in [1.54, 1.807) is 0 Å². The van der Waals surface area contributed by atoms with Crippen molar-refractivity contribution in [1.82, 2.24) is 4.90 Å². The number of rotatable bonds is 2. The first-order valence-electron chi connectivity index (χ1n) is 6.57. The summed E-state index contributed by atoms with van der Waals surface area (Å²) >= 11 is 0. The molecule has 108 valence electrons. The second kappa shape index (κ2) is 5.48. The van der Waals surface area contributed by atoms with Crippen LogP contribution in [-0.4, -0.2) is 55.9 Å². The molecule has 19 heavy (non-hydrogen) atoms. The quantitative estimate of drug-likeness (QED) is 0.674. The molecule has 0 N–H and O–H groups in total. The molecule has 1 amide bonds. The molecule has 2 atom stereocenters. The second-order valence-electron chi connectivity index (χ2n) is 5.06. The molecule has 0 spiro atoms. The summed E-state index contributed by atoms with van der Waals surface area (Å²) in [5.41, 5.74) is 0. The maximum absolute atomic E-state index is 12.4. The minimum Gasteiger partial charge on any atom is -0.467 e. The van der Waals surface area contributed by atoms with Crippen molar-refractivity contribution < 1.29 is 22.7 Å². The van der Waals surface area contributed by atoms with E-state index in [0.717, 1.165) is 6.42 Å². The molecule has 0 radical (unpaired) electrons. The molecule has 2 aliphatic heterocycles. The number of esters is 1. The highest BCUT2D eigenvalue weighted by Gasteiger charge is 2.43. The molecular weight excluding hydrogens is 270 g/mol. The molecule has 0 aliphatic carbocycles. The van der Waals surface area contributed by atoms with E-state index in [9.17, 15) is 18.0 Å². The topological polar surface area (TPSA) is 80.8 Å². The van der Waals surface area contributed by atoms with Gasteiger partial charge >= 0.3 is 5.97 Å². The van der Waals surface area contributed by atoms with Crippen LogP contribution in [0.25, 0.3) is 0 Å². The Labute approximate surface area is 113 Å². The van der Waals surface area contributed by atoms with Crippen molar-refractivity contribution in [3.63, 3.8) is 0 Å². The van der Waals surface area contributed by atoms with E-state index >= 15 is 0 Å². The molecule has 2 fully saturated rings. The van der Waals surface area contributed by atoms with Gasteiger partial charge in [0.05, 0.1) is 12.9 Å². The maximum Gasteiger partial charge on any atom is 0.328 e. The van der Waals surface area contributed by atoms with Crippen LogP contribution in [0.4, 0.5) is 0 Å². The van der Waals surface area contributed by atoms with Crippen LogP contribution in [-0.2, 0) is 24.2 Å². The van der Waals surface area contributed by atoms with Crippen molar-refractivity contribution in [1.29, 1.82) is 0 Å². The van der Waals surface area contributed by atoms with Gasteiger partial charge in [-0.15, -0.1) is 0 Å². The minimum atomic E-state index is -3.36. The summed E-state index contributed by atoms with van der Waals surface area (Å²) in [4.78, 5) is 25.4. The monoisotopic (exact) mass is 289 g/mol. The third-order valence-electron chi connectivity index (χ3n) is 3.86. The Morgan fingerprint density at radius 2 is 1.89 bits per heavy atom. The number of sulfone groups is 1. The number of carbonyl (C=O) groups is 2. The molecule has 0 aromatic carbocycles. The predicted molar refractivity (Wildman–Crippen MR) is 68.2 cm³/mol. The molecule has 2 unspecified atom stereocenters. The second-order valence-corrected chi connectivity index (χ2v) is 7.37. The van der Waals surface area contributed by atoms with Crippen LogP contribution in [0.5, 0.6) is 0 Å². The number of carbonyl (C=O) groups excluding carboxylic acids is 2. The van der Waals surface area contributed by atoms with Crippen molar-refractivity contribution in [3.05, 3.63) is 0 Å². The normalized spacial score (nSPS) is 30.1. The highest BCUT2D eigenvalue weighted by Crippen LogP contribution is 2.26. The van der Waals surface area contributed by atoms with Gasteiger partial charge < -0.3 is 9.64 Å². The van der Waals surface area contributed by atoms with Crippen LogP contribution in [0.1, 0.15) is 32.1 Å². The SMILES string of the molecule is COC(=O)C1CCCN1C(=O)C1CCCCS1(=O)=O. The minimum absolute atomic E-state index is 0.0696. The number of nitrogens with zero attached hydrogens (tertiary/aromatic N) is 1. The molecule has 0 bridgehead atoms. The number of ether oxygens (including phenoxy) is 1. The smallest absolute Gasteiger partial charge is 0.328 e. The Balaban J connectivity index is 2.16. The van der Waals surface area contributed by atoms with E-state index in [1.165, 1.54) is 12.0 Å². The van der Waals surface area contributed by atoms with E-state index in [2.05, 4.69) is 4.74 Å². The zero-order valence-corrected chi connectivity index (χ0v) is 11.8. The van der Waals surface area contributed by atoms with Crippen molar-refractivity contribution >= 4 is 21.7 Å². The Morgan fingerprint density at radius 3 is 2.53 bits per heavy atom. The molecule has 2 heterocycles. The molecule has 0 saturated carbocycles. The number of amides is 1. The maximum atomic E-state index is 12.4. The van der Waals surface area contributed by atoms with Gasteiger partial charge in [-0.3, -0.25) is 4.79 Å². The summed E-state index contributed by atoms with van der Waals surface area (Å²) in [6.07, 6.45) is 2.98. The average molecular weight is 289 g/mol. The van der Waals surface area contributed by atoms with Crippen molar-refractivity contribution in [2.45, 2.75) is 43.4 Å². The summed E-state index contributed by atoms with van der Waals surface area (Å²) in [6, 6.07) is -0.616. The highest BCUT2D eigenvalue weighted by atomic mass is 32.2. The Kier molecular flexibility index (Phi) is 4.13. The predicted octanol–water partition coefficient (Wildman–Crippen LogP) is 0.118. The zero-order valence-electron chi connectivity index (χ0n) is 11.0. The van der Waals surface area contributed by atoms with Crippen LogP contribution >= 0.6 is 0 Å². The van der Waals surface area contributed by atoms with E-state index in [4.69, 9.17) is 0 Å². The molecule has 0 aromatic rings. The van der Waals surface area contributed by atoms with Gasteiger partial charge in [0.15, 0.2) is 9.84 Å². The van der Waals surface area contributed by atoms with E-state index in [-0.39, 0.29) is 5.75 Å². The number of hydrogen-bond donors (Lipinski definition) is 0. The van der Waals surface area contributed by atoms with E-state index in [0.29, 0.717) is 32.2 Å². The number of likely N-dealkylation sites (tertiary alicyclic amines) is 1. The summed E-state index contributed by atoms with van der Waals surface area (Å²) in [7, 11) is -2.08. The Bertz CT molecular complexity index is 473. The summed E-state index contributed by atoms with van der Waals surface area (Å²) < 4.78 is 28.6. The Morgan fingerprint density at radius 1 is 1.16 bits per heavy atom.